The fourth-order valence-corrected chi connectivity index (χ4v) is 1.57. The summed E-state index contributed by atoms with van der Waals surface area (Å²) in [7, 11) is 0. The minimum Gasteiger partial charge on any atom is -0.422 e. The van der Waals surface area contributed by atoms with Crippen LogP contribution in [0.2, 0.25) is 0 Å². The molecule has 16 heavy (non-hydrogen) atoms. The summed E-state index contributed by atoms with van der Waals surface area (Å²) in [5, 5.41) is 0.422. The van der Waals surface area contributed by atoms with Gasteiger partial charge in [0.1, 0.15) is 16.6 Å². The number of aromatic nitrogens is 1. The van der Waals surface area contributed by atoms with Gasteiger partial charge < -0.3 is 10.5 Å². The number of nitrogens with zero attached hydrogens (tertiary/aromatic N) is 1. The number of benzene rings is 1. The number of nitrogen functional groups attached to an aromatic ring is 1. The number of carbonyl (C=O) groups is 1. The Bertz CT molecular complexity index is 527. The smallest absolute Gasteiger partial charge is 0.363 e. The van der Waals surface area contributed by atoms with Gasteiger partial charge in [0.15, 0.2) is 5.69 Å². The van der Waals surface area contributed by atoms with Crippen molar-refractivity contribution in [3.05, 3.63) is 41.8 Å². The van der Waals surface area contributed by atoms with Crippen molar-refractivity contribution in [1.82, 2.24) is 4.37 Å². The van der Waals surface area contributed by atoms with Gasteiger partial charge in [-0.05, 0) is 23.7 Å². The minimum absolute atomic E-state index is 0.117. The van der Waals surface area contributed by atoms with Gasteiger partial charge in [0.25, 0.3) is 0 Å². The molecule has 0 unspecified atom stereocenters. The molecule has 0 bridgehead atoms. The van der Waals surface area contributed by atoms with Crippen LogP contribution in [0.1, 0.15) is 10.5 Å². The molecule has 82 valence electrons. The molecule has 0 atom stereocenters. The lowest BCUT2D eigenvalue weighted by Crippen LogP contribution is -2.08. The van der Waals surface area contributed by atoms with E-state index in [1.807, 2.05) is 0 Å². The van der Waals surface area contributed by atoms with Crippen LogP contribution in [-0.2, 0) is 0 Å². The molecule has 4 nitrogen and oxygen atoms in total. The highest BCUT2D eigenvalue weighted by Crippen LogP contribution is 2.16. The van der Waals surface area contributed by atoms with E-state index in [0.717, 1.165) is 17.6 Å². The molecule has 0 saturated carbocycles. The van der Waals surface area contributed by atoms with Gasteiger partial charge in [0.05, 0.1) is 0 Å². The number of esters is 1. The Morgan fingerprint density at radius 2 is 2.25 bits per heavy atom. The molecule has 0 aliphatic carbocycles. The van der Waals surface area contributed by atoms with Crippen LogP contribution in [-0.4, -0.2) is 10.3 Å². The highest BCUT2D eigenvalue weighted by molar-refractivity contribution is 7.10. The molecule has 0 spiro atoms. The van der Waals surface area contributed by atoms with Gasteiger partial charge in [-0.3, -0.25) is 0 Å². The van der Waals surface area contributed by atoms with E-state index in [-0.39, 0.29) is 11.4 Å². The maximum atomic E-state index is 12.8. The summed E-state index contributed by atoms with van der Waals surface area (Å²) in [4.78, 5) is 11.5. The van der Waals surface area contributed by atoms with E-state index in [9.17, 15) is 9.18 Å². The Hall–Kier alpha value is -1.95. The van der Waals surface area contributed by atoms with Gasteiger partial charge in [-0.2, -0.15) is 4.37 Å². The largest absolute Gasteiger partial charge is 0.422 e. The summed E-state index contributed by atoms with van der Waals surface area (Å²) in [5.41, 5.74) is 5.54. The number of halogens is 1. The van der Waals surface area contributed by atoms with Gasteiger partial charge in [-0.25, -0.2) is 9.18 Å². The van der Waals surface area contributed by atoms with Crippen LogP contribution in [0.15, 0.2) is 30.3 Å². The van der Waals surface area contributed by atoms with Crippen LogP contribution in [0.3, 0.4) is 0 Å². The van der Waals surface area contributed by atoms with E-state index >= 15 is 0 Å². The molecule has 2 rings (SSSR count). The van der Waals surface area contributed by atoms with E-state index in [0.29, 0.717) is 5.00 Å². The van der Waals surface area contributed by atoms with E-state index in [2.05, 4.69) is 4.37 Å². The first kappa shape index (κ1) is 10.6. The van der Waals surface area contributed by atoms with Crippen molar-refractivity contribution in [3.63, 3.8) is 0 Å². The number of rotatable bonds is 2. The molecule has 6 heteroatoms. The Morgan fingerprint density at radius 1 is 1.44 bits per heavy atom. The van der Waals surface area contributed by atoms with Crippen LogP contribution < -0.4 is 10.5 Å². The number of ether oxygens (including phenoxy) is 1. The molecule has 2 N–H and O–H groups in total. The first-order chi connectivity index (χ1) is 7.65. The second-order valence-electron chi connectivity index (χ2n) is 2.96. The third-order valence-electron chi connectivity index (χ3n) is 1.74. The van der Waals surface area contributed by atoms with Gasteiger partial charge in [0.2, 0.25) is 0 Å². The summed E-state index contributed by atoms with van der Waals surface area (Å²) < 4.78 is 21.5. The molecular weight excluding hydrogens is 231 g/mol. The van der Waals surface area contributed by atoms with Crippen molar-refractivity contribution >= 4 is 22.5 Å². The zero-order valence-electron chi connectivity index (χ0n) is 8.01. The number of carbonyl (C=O) groups excluding carboxylic acids is 1. The van der Waals surface area contributed by atoms with Gasteiger partial charge >= 0.3 is 5.97 Å². The van der Waals surface area contributed by atoms with Crippen molar-refractivity contribution in [3.8, 4) is 5.75 Å². The highest BCUT2D eigenvalue weighted by Gasteiger charge is 2.12. The van der Waals surface area contributed by atoms with Gasteiger partial charge in [-0.15, -0.1) is 0 Å². The third-order valence-corrected chi connectivity index (χ3v) is 2.36. The van der Waals surface area contributed by atoms with E-state index in [4.69, 9.17) is 10.5 Å². The first-order valence-corrected chi connectivity index (χ1v) is 5.12. The average molecular weight is 238 g/mol. The van der Waals surface area contributed by atoms with Crippen LogP contribution in [0.4, 0.5) is 9.39 Å². The van der Waals surface area contributed by atoms with E-state index < -0.39 is 11.8 Å². The maximum Gasteiger partial charge on any atom is 0.363 e. The summed E-state index contributed by atoms with van der Waals surface area (Å²) >= 11 is 0.999. The lowest BCUT2D eigenvalue weighted by Gasteiger charge is -2.01. The molecular formula is C10H7FN2O2S. The standard InChI is InChI=1S/C10H7FN2O2S/c11-6-2-1-3-7(4-6)15-10(14)8-5-9(12)16-13-8/h1-5H,12H2. The van der Waals surface area contributed by atoms with Crippen LogP contribution in [0.25, 0.3) is 0 Å². The van der Waals surface area contributed by atoms with Crippen molar-refractivity contribution in [2.24, 2.45) is 0 Å². The molecule has 0 saturated heterocycles. The number of nitrogens with two attached hydrogens (primary N) is 1. The zero-order valence-corrected chi connectivity index (χ0v) is 8.83. The Kier molecular flexibility index (Phi) is 2.82. The highest BCUT2D eigenvalue weighted by atomic mass is 32.1. The Labute approximate surface area is 94.6 Å². The normalized spacial score (nSPS) is 10.1. The monoisotopic (exact) mass is 238 g/mol. The summed E-state index contributed by atoms with van der Waals surface area (Å²) in [5.74, 6) is -0.988. The molecule has 2 aromatic rings. The molecule has 1 aromatic carbocycles. The first-order valence-electron chi connectivity index (χ1n) is 4.35. The summed E-state index contributed by atoms with van der Waals surface area (Å²) in [6.07, 6.45) is 0. The third kappa shape index (κ3) is 2.34. The van der Waals surface area contributed by atoms with Crippen molar-refractivity contribution < 1.29 is 13.9 Å². The summed E-state index contributed by atoms with van der Waals surface area (Å²) in [6, 6.07) is 6.72. The fourth-order valence-electron chi connectivity index (χ4n) is 1.08. The van der Waals surface area contributed by atoms with Crippen molar-refractivity contribution in [2.45, 2.75) is 0 Å². The molecule has 0 aliphatic heterocycles. The predicted molar refractivity (Wildman–Crippen MR) is 57.9 cm³/mol. The van der Waals surface area contributed by atoms with Crippen LogP contribution in [0, 0.1) is 5.82 Å². The lowest BCUT2D eigenvalue weighted by molar-refractivity contribution is 0.0729. The van der Waals surface area contributed by atoms with Gasteiger partial charge in [-0.1, -0.05) is 6.07 Å². The number of anilines is 1. The topological polar surface area (TPSA) is 65.2 Å². The zero-order chi connectivity index (χ0) is 11.5. The van der Waals surface area contributed by atoms with Crippen molar-refractivity contribution in [2.75, 3.05) is 5.73 Å². The minimum atomic E-state index is -0.654. The Balaban J connectivity index is 2.13. The molecule has 0 fully saturated rings. The summed E-state index contributed by atoms with van der Waals surface area (Å²) in [6.45, 7) is 0. The van der Waals surface area contributed by atoms with Crippen LogP contribution >= 0.6 is 11.5 Å². The Morgan fingerprint density at radius 3 is 2.88 bits per heavy atom. The number of hydrogen-bond donors (Lipinski definition) is 1. The fraction of sp³-hybridized carbons (Fsp3) is 0. The number of hydrogen-bond acceptors (Lipinski definition) is 5. The van der Waals surface area contributed by atoms with E-state index in [1.54, 1.807) is 0 Å². The molecule has 0 amide bonds. The second-order valence-corrected chi connectivity index (χ2v) is 3.80. The second kappa shape index (κ2) is 4.28. The maximum absolute atomic E-state index is 12.8. The quantitative estimate of drug-likeness (QED) is 0.642. The average Bonchev–Trinajstić information content (AvgIpc) is 2.65. The van der Waals surface area contributed by atoms with Gasteiger partial charge in [0, 0.05) is 12.1 Å². The van der Waals surface area contributed by atoms with Crippen LogP contribution in [0.5, 0.6) is 5.75 Å². The molecule has 0 radical (unpaired) electrons. The SMILES string of the molecule is Nc1cc(C(=O)Oc2cccc(F)c2)ns1. The predicted octanol–water partition coefficient (Wildman–Crippen LogP) is 2.08. The lowest BCUT2D eigenvalue weighted by atomic mass is 10.3. The van der Waals surface area contributed by atoms with Crippen molar-refractivity contribution in [1.29, 1.82) is 0 Å². The molecule has 1 heterocycles. The molecule has 1 aromatic heterocycles. The molecule has 0 aliphatic rings. The van der Waals surface area contributed by atoms with E-state index in [1.165, 1.54) is 24.3 Å².